The second kappa shape index (κ2) is 5.79. The molecule has 0 radical (unpaired) electrons. The van der Waals surface area contributed by atoms with Crippen molar-refractivity contribution in [1.29, 1.82) is 0 Å². The van der Waals surface area contributed by atoms with E-state index in [1.54, 1.807) is 0 Å². The molecule has 0 amide bonds. The van der Waals surface area contributed by atoms with Crippen molar-refractivity contribution in [3.05, 3.63) is 34.4 Å². The highest BCUT2D eigenvalue weighted by atomic mass is 35.5. The zero-order valence-electron chi connectivity index (χ0n) is 9.18. The average molecular weight is 225 g/mol. The number of hydrogen-bond donors (Lipinski definition) is 2. The van der Waals surface area contributed by atoms with Gasteiger partial charge in [0.25, 0.3) is 0 Å². The van der Waals surface area contributed by atoms with Crippen molar-refractivity contribution in [2.45, 2.75) is 13.3 Å². The summed E-state index contributed by atoms with van der Waals surface area (Å²) in [7, 11) is 1.94. The van der Waals surface area contributed by atoms with Crippen molar-refractivity contribution in [3.8, 4) is 0 Å². The summed E-state index contributed by atoms with van der Waals surface area (Å²) < 4.78 is 0. The Morgan fingerprint density at radius 3 is 2.80 bits per heavy atom. The molecule has 0 aliphatic rings. The Labute approximate surface area is 96.1 Å². The van der Waals surface area contributed by atoms with Crippen molar-refractivity contribution in [2.75, 3.05) is 19.3 Å². The van der Waals surface area contributed by atoms with Crippen LogP contribution >= 0.6 is 11.6 Å². The molecule has 0 aliphatic heterocycles. The quantitative estimate of drug-likeness (QED) is 0.610. The summed E-state index contributed by atoms with van der Waals surface area (Å²) >= 11 is 5.99. The molecule has 15 heavy (non-hydrogen) atoms. The largest absolute Gasteiger partial charge is 0.397 e. The van der Waals surface area contributed by atoms with Crippen LogP contribution in [0.25, 0.3) is 6.08 Å². The zero-order valence-corrected chi connectivity index (χ0v) is 9.93. The minimum absolute atomic E-state index is 0.628. The van der Waals surface area contributed by atoms with E-state index in [2.05, 4.69) is 17.5 Å². The molecule has 0 fully saturated rings. The van der Waals surface area contributed by atoms with Crippen LogP contribution in [0.1, 0.15) is 17.5 Å². The first-order valence-electron chi connectivity index (χ1n) is 5.02. The Morgan fingerprint density at radius 1 is 1.47 bits per heavy atom. The molecule has 0 spiro atoms. The minimum atomic E-state index is 0.628. The van der Waals surface area contributed by atoms with E-state index in [9.17, 15) is 0 Å². The first-order chi connectivity index (χ1) is 7.15. The summed E-state index contributed by atoms with van der Waals surface area (Å²) in [6, 6.07) is 3.93. The lowest BCUT2D eigenvalue weighted by molar-refractivity contribution is 0.809. The lowest BCUT2D eigenvalue weighted by Gasteiger charge is -2.04. The Hall–Kier alpha value is -0.990. The van der Waals surface area contributed by atoms with Gasteiger partial charge in [0.05, 0.1) is 10.7 Å². The summed E-state index contributed by atoms with van der Waals surface area (Å²) in [6.45, 7) is 2.95. The summed E-state index contributed by atoms with van der Waals surface area (Å²) in [5.41, 5.74) is 8.56. The highest BCUT2D eigenvalue weighted by molar-refractivity contribution is 6.33. The number of nitrogens with one attached hydrogen (secondary N) is 1. The molecule has 0 aromatic heterocycles. The van der Waals surface area contributed by atoms with Crippen molar-refractivity contribution in [2.24, 2.45) is 0 Å². The third kappa shape index (κ3) is 3.57. The van der Waals surface area contributed by atoms with E-state index >= 15 is 0 Å². The van der Waals surface area contributed by atoms with Crippen LogP contribution in [0.5, 0.6) is 0 Å². The molecule has 2 nitrogen and oxygen atoms in total. The van der Waals surface area contributed by atoms with Gasteiger partial charge in [0, 0.05) is 0 Å². The van der Waals surface area contributed by atoms with Gasteiger partial charge in [-0.3, -0.25) is 0 Å². The zero-order chi connectivity index (χ0) is 11.3. The summed E-state index contributed by atoms with van der Waals surface area (Å²) in [5, 5.41) is 3.72. The van der Waals surface area contributed by atoms with Gasteiger partial charge in [-0.1, -0.05) is 23.8 Å². The molecule has 0 heterocycles. The minimum Gasteiger partial charge on any atom is -0.397 e. The Balaban J connectivity index is 2.74. The molecule has 82 valence electrons. The monoisotopic (exact) mass is 224 g/mol. The Morgan fingerprint density at radius 2 is 2.20 bits per heavy atom. The average Bonchev–Trinajstić information content (AvgIpc) is 2.21. The van der Waals surface area contributed by atoms with Crippen molar-refractivity contribution >= 4 is 23.4 Å². The van der Waals surface area contributed by atoms with Crippen LogP contribution in [0.3, 0.4) is 0 Å². The van der Waals surface area contributed by atoms with E-state index in [1.165, 1.54) is 0 Å². The van der Waals surface area contributed by atoms with E-state index in [0.717, 1.165) is 24.1 Å². The van der Waals surface area contributed by atoms with Crippen LogP contribution in [-0.4, -0.2) is 13.6 Å². The maximum atomic E-state index is 5.99. The highest BCUT2D eigenvalue weighted by Crippen LogP contribution is 2.24. The molecule has 0 unspecified atom stereocenters. The van der Waals surface area contributed by atoms with Gasteiger partial charge in [0.15, 0.2) is 0 Å². The number of halogens is 1. The lowest BCUT2D eigenvalue weighted by atomic mass is 10.1. The van der Waals surface area contributed by atoms with Gasteiger partial charge in [-0.15, -0.1) is 0 Å². The molecule has 1 aromatic carbocycles. The van der Waals surface area contributed by atoms with Gasteiger partial charge in [-0.2, -0.15) is 0 Å². The van der Waals surface area contributed by atoms with Crippen molar-refractivity contribution < 1.29 is 0 Å². The number of nitrogens with two attached hydrogens (primary N) is 1. The molecule has 0 saturated heterocycles. The fourth-order valence-corrected chi connectivity index (χ4v) is 1.60. The van der Waals surface area contributed by atoms with Crippen LogP contribution in [0.2, 0.25) is 5.02 Å². The standard InChI is InChI=1S/C12H17ClN2/c1-9-7-10(5-3-4-6-15-2)8-11(13)12(9)14/h3,5,7-8,15H,4,6,14H2,1-2H3. The van der Waals surface area contributed by atoms with Gasteiger partial charge >= 0.3 is 0 Å². The second-order valence-corrected chi connectivity index (χ2v) is 3.94. The van der Waals surface area contributed by atoms with Crippen LogP contribution in [0, 0.1) is 6.92 Å². The first kappa shape index (κ1) is 12.1. The van der Waals surface area contributed by atoms with Crippen LogP contribution in [0.15, 0.2) is 18.2 Å². The third-order valence-corrected chi connectivity index (χ3v) is 2.54. The highest BCUT2D eigenvalue weighted by Gasteiger charge is 2.00. The predicted octanol–water partition coefficient (Wildman–Crippen LogP) is 2.85. The van der Waals surface area contributed by atoms with E-state index in [-0.39, 0.29) is 0 Å². The summed E-state index contributed by atoms with van der Waals surface area (Å²) in [4.78, 5) is 0. The number of aryl methyl sites for hydroxylation is 1. The second-order valence-electron chi connectivity index (χ2n) is 3.53. The molecular weight excluding hydrogens is 208 g/mol. The van der Waals surface area contributed by atoms with Gasteiger partial charge in [-0.05, 0) is 50.2 Å². The lowest BCUT2D eigenvalue weighted by Crippen LogP contribution is -2.05. The van der Waals surface area contributed by atoms with Crippen LogP contribution in [-0.2, 0) is 0 Å². The maximum Gasteiger partial charge on any atom is 0.0644 e. The molecule has 0 aliphatic carbocycles. The first-order valence-corrected chi connectivity index (χ1v) is 5.39. The number of anilines is 1. The van der Waals surface area contributed by atoms with E-state index in [1.807, 2.05) is 26.1 Å². The summed E-state index contributed by atoms with van der Waals surface area (Å²) in [5.74, 6) is 0. The molecule has 3 N–H and O–H groups in total. The fraction of sp³-hybridized carbons (Fsp3) is 0.333. The molecule has 0 saturated carbocycles. The predicted molar refractivity (Wildman–Crippen MR) is 68.2 cm³/mol. The van der Waals surface area contributed by atoms with Gasteiger partial charge in [-0.25, -0.2) is 0 Å². The smallest absolute Gasteiger partial charge is 0.0644 e. The maximum absolute atomic E-state index is 5.99. The van der Waals surface area contributed by atoms with Crippen molar-refractivity contribution in [3.63, 3.8) is 0 Å². The molecular formula is C12H17ClN2. The van der Waals surface area contributed by atoms with E-state index < -0.39 is 0 Å². The normalized spacial score (nSPS) is 11.1. The molecule has 0 atom stereocenters. The number of benzene rings is 1. The fourth-order valence-electron chi connectivity index (χ4n) is 1.33. The van der Waals surface area contributed by atoms with Gasteiger partial charge in [0.1, 0.15) is 0 Å². The van der Waals surface area contributed by atoms with Crippen molar-refractivity contribution in [1.82, 2.24) is 5.32 Å². The summed E-state index contributed by atoms with van der Waals surface area (Å²) in [6.07, 6.45) is 5.20. The number of nitrogen functional groups attached to an aromatic ring is 1. The number of hydrogen-bond acceptors (Lipinski definition) is 2. The van der Waals surface area contributed by atoms with E-state index in [0.29, 0.717) is 10.7 Å². The molecule has 3 heteroatoms. The molecule has 1 aromatic rings. The van der Waals surface area contributed by atoms with Gasteiger partial charge in [0.2, 0.25) is 0 Å². The topological polar surface area (TPSA) is 38.0 Å². The molecule has 0 bridgehead atoms. The van der Waals surface area contributed by atoms with Crippen LogP contribution < -0.4 is 11.1 Å². The Kier molecular flexibility index (Phi) is 4.66. The van der Waals surface area contributed by atoms with E-state index in [4.69, 9.17) is 17.3 Å². The van der Waals surface area contributed by atoms with Crippen LogP contribution in [0.4, 0.5) is 5.69 Å². The number of rotatable bonds is 4. The molecule has 1 rings (SSSR count). The van der Waals surface area contributed by atoms with Gasteiger partial charge < -0.3 is 11.1 Å². The SMILES string of the molecule is CNCCC=Cc1cc(C)c(N)c(Cl)c1. The Bertz CT molecular complexity index is 336. The third-order valence-electron chi connectivity index (χ3n) is 2.23.